The van der Waals surface area contributed by atoms with Crippen molar-refractivity contribution in [3.05, 3.63) is 12.2 Å². The van der Waals surface area contributed by atoms with Gasteiger partial charge in [0, 0.05) is 18.8 Å². The zero-order valence-electron chi connectivity index (χ0n) is 21.8. The monoisotopic (exact) mass is 533 g/mol. The summed E-state index contributed by atoms with van der Waals surface area (Å²) in [5.41, 5.74) is 0. The van der Waals surface area contributed by atoms with E-state index in [1.54, 1.807) is 0 Å². The molecule has 0 spiro atoms. The lowest BCUT2D eigenvalue weighted by Crippen LogP contribution is -2.33. The van der Waals surface area contributed by atoms with Crippen molar-refractivity contribution in [3.8, 4) is 0 Å². The van der Waals surface area contributed by atoms with Crippen LogP contribution in [0.3, 0.4) is 0 Å². The highest BCUT2D eigenvalue weighted by atomic mass is 16.7. The molecule has 1 unspecified atom stereocenters. The molecule has 0 aromatic heterocycles. The molecule has 2 amide bonds. The van der Waals surface area contributed by atoms with Gasteiger partial charge in [-0.2, -0.15) is 0 Å². The van der Waals surface area contributed by atoms with E-state index in [2.05, 4.69) is 0 Å². The molecule has 2 aliphatic heterocycles. The Bertz CT molecular complexity index is 595. The Morgan fingerprint density at radius 1 is 0.595 bits per heavy atom. The van der Waals surface area contributed by atoms with Gasteiger partial charge in [-0.3, -0.25) is 14.5 Å². The minimum atomic E-state index is -0.302. The van der Waals surface area contributed by atoms with Crippen molar-refractivity contribution >= 4 is 11.8 Å². The van der Waals surface area contributed by atoms with Crippen LogP contribution in [0.4, 0.5) is 0 Å². The number of imide groups is 1. The molecule has 12 nitrogen and oxygen atoms in total. The third kappa shape index (κ3) is 16.9. The summed E-state index contributed by atoms with van der Waals surface area (Å²) in [6, 6.07) is 0. The lowest BCUT2D eigenvalue weighted by atomic mass is 10.2. The fourth-order valence-corrected chi connectivity index (χ4v) is 3.31. The number of rotatable bonds is 25. The zero-order valence-corrected chi connectivity index (χ0v) is 21.8. The number of amides is 2. The first-order chi connectivity index (χ1) is 18.3. The molecular formula is C25H43NO11. The molecule has 2 rings (SSSR count). The minimum Gasteiger partial charge on any atom is -0.377 e. The number of hydrogen-bond donors (Lipinski definition) is 0. The third-order valence-corrected chi connectivity index (χ3v) is 5.26. The lowest BCUT2D eigenvalue weighted by molar-refractivity contribution is -0.169. The second-order valence-electron chi connectivity index (χ2n) is 8.11. The van der Waals surface area contributed by atoms with E-state index in [0.29, 0.717) is 92.5 Å². The summed E-state index contributed by atoms with van der Waals surface area (Å²) < 4.78 is 49.1. The number of carbonyl (C=O) groups is 2. The molecule has 0 radical (unpaired) electrons. The van der Waals surface area contributed by atoms with Gasteiger partial charge in [0.1, 0.15) is 0 Å². The smallest absolute Gasteiger partial charge is 0.253 e. The first-order valence-corrected chi connectivity index (χ1v) is 13.1. The maximum Gasteiger partial charge on any atom is 0.253 e. The van der Waals surface area contributed by atoms with E-state index < -0.39 is 0 Å². The van der Waals surface area contributed by atoms with Gasteiger partial charge < -0.3 is 42.6 Å². The van der Waals surface area contributed by atoms with Crippen LogP contribution >= 0.6 is 0 Å². The zero-order chi connectivity index (χ0) is 26.2. The van der Waals surface area contributed by atoms with E-state index in [9.17, 15) is 9.59 Å². The van der Waals surface area contributed by atoms with Gasteiger partial charge in [0.2, 0.25) is 0 Å². The van der Waals surface area contributed by atoms with Gasteiger partial charge in [0.25, 0.3) is 11.8 Å². The van der Waals surface area contributed by atoms with Crippen LogP contribution in [-0.2, 0) is 52.2 Å². The standard InChI is InChI=1S/C25H43NO11/c27-23-4-5-24(28)26(23)6-8-29-9-10-30-11-12-31-13-14-32-15-16-33-17-18-34-19-20-35-21-22-37-25-3-1-2-7-36-25/h4-5,25H,1-3,6-22H2. The average molecular weight is 534 g/mol. The largest absolute Gasteiger partial charge is 0.377 e. The number of nitrogens with zero attached hydrogens (tertiary/aromatic N) is 1. The quantitative estimate of drug-likeness (QED) is 0.121. The molecule has 2 heterocycles. The molecule has 0 bridgehead atoms. The summed E-state index contributed by atoms with van der Waals surface area (Å²) in [7, 11) is 0. The maximum atomic E-state index is 11.4. The first-order valence-electron chi connectivity index (χ1n) is 13.1. The molecule has 1 fully saturated rings. The fraction of sp³-hybridized carbons (Fsp3) is 0.840. The van der Waals surface area contributed by atoms with Crippen molar-refractivity contribution in [2.75, 3.05) is 112 Å². The van der Waals surface area contributed by atoms with Crippen LogP contribution in [-0.4, -0.2) is 135 Å². The molecule has 0 saturated carbocycles. The van der Waals surface area contributed by atoms with Crippen LogP contribution < -0.4 is 0 Å². The molecule has 0 N–H and O–H groups in total. The van der Waals surface area contributed by atoms with Crippen molar-refractivity contribution in [2.45, 2.75) is 25.6 Å². The van der Waals surface area contributed by atoms with E-state index in [4.69, 9.17) is 42.6 Å². The maximum absolute atomic E-state index is 11.4. The number of hydrogen-bond acceptors (Lipinski definition) is 11. The summed E-state index contributed by atoms with van der Waals surface area (Å²) in [5.74, 6) is -0.604. The highest BCUT2D eigenvalue weighted by Gasteiger charge is 2.22. The van der Waals surface area contributed by atoms with Crippen molar-refractivity contribution in [2.24, 2.45) is 0 Å². The van der Waals surface area contributed by atoms with Gasteiger partial charge in [-0.25, -0.2) is 0 Å². The van der Waals surface area contributed by atoms with Gasteiger partial charge >= 0.3 is 0 Å². The van der Waals surface area contributed by atoms with Gasteiger partial charge in [-0.1, -0.05) is 0 Å². The molecule has 214 valence electrons. The van der Waals surface area contributed by atoms with E-state index in [0.717, 1.165) is 30.8 Å². The van der Waals surface area contributed by atoms with Gasteiger partial charge in [0.15, 0.2) is 6.29 Å². The molecule has 0 aromatic carbocycles. The molecule has 0 aliphatic carbocycles. The summed E-state index contributed by atoms with van der Waals surface area (Å²) in [6.07, 6.45) is 5.69. The van der Waals surface area contributed by atoms with Gasteiger partial charge in [0.05, 0.1) is 106 Å². The van der Waals surface area contributed by atoms with Gasteiger partial charge in [-0.15, -0.1) is 0 Å². The SMILES string of the molecule is O=C1C=CC(=O)N1CCOCCOCCOCCOCCOCCOCCOCCOC1CCCCO1. The second-order valence-corrected chi connectivity index (χ2v) is 8.11. The Balaban J connectivity index is 1.17. The van der Waals surface area contributed by atoms with Crippen LogP contribution in [0.1, 0.15) is 19.3 Å². The molecule has 12 heteroatoms. The van der Waals surface area contributed by atoms with E-state index in [1.807, 2.05) is 0 Å². The number of ether oxygens (including phenoxy) is 9. The van der Waals surface area contributed by atoms with Crippen molar-refractivity contribution in [1.29, 1.82) is 0 Å². The van der Waals surface area contributed by atoms with Crippen LogP contribution in [0.15, 0.2) is 12.2 Å². The Morgan fingerprint density at radius 3 is 1.41 bits per heavy atom. The highest BCUT2D eigenvalue weighted by Crippen LogP contribution is 2.13. The second kappa shape index (κ2) is 22.5. The van der Waals surface area contributed by atoms with Crippen LogP contribution in [0.5, 0.6) is 0 Å². The van der Waals surface area contributed by atoms with Crippen LogP contribution in [0, 0.1) is 0 Å². The topological polar surface area (TPSA) is 120 Å². The molecule has 0 aromatic rings. The summed E-state index contributed by atoms with van der Waals surface area (Å²) in [4.78, 5) is 23.9. The Hall–Kier alpha value is -1.48. The normalized spacial score (nSPS) is 17.8. The molecule has 1 atom stereocenters. The fourth-order valence-electron chi connectivity index (χ4n) is 3.31. The first kappa shape index (κ1) is 31.7. The summed E-state index contributed by atoms with van der Waals surface area (Å²) >= 11 is 0. The summed E-state index contributed by atoms with van der Waals surface area (Å²) in [6.45, 7) is 8.15. The van der Waals surface area contributed by atoms with Crippen molar-refractivity contribution in [3.63, 3.8) is 0 Å². The molecule has 2 aliphatic rings. The molecule has 37 heavy (non-hydrogen) atoms. The lowest BCUT2D eigenvalue weighted by Gasteiger charge is -2.22. The van der Waals surface area contributed by atoms with E-state index >= 15 is 0 Å². The Labute approximate surface area is 219 Å². The van der Waals surface area contributed by atoms with Crippen molar-refractivity contribution < 1.29 is 52.2 Å². The predicted octanol–water partition coefficient (Wildman–Crippen LogP) is 0.571. The Morgan fingerprint density at radius 2 is 1.00 bits per heavy atom. The molecule has 1 saturated heterocycles. The predicted molar refractivity (Wildman–Crippen MR) is 131 cm³/mol. The van der Waals surface area contributed by atoms with E-state index in [-0.39, 0.29) is 31.3 Å². The minimum absolute atomic E-state index is 0.0701. The van der Waals surface area contributed by atoms with Crippen LogP contribution in [0.2, 0.25) is 0 Å². The van der Waals surface area contributed by atoms with Crippen molar-refractivity contribution in [1.82, 2.24) is 4.90 Å². The third-order valence-electron chi connectivity index (χ3n) is 5.26. The van der Waals surface area contributed by atoms with Crippen LogP contribution in [0.25, 0.3) is 0 Å². The number of carbonyl (C=O) groups excluding carboxylic acids is 2. The average Bonchev–Trinajstić information content (AvgIpc) is 3.24. The van der Waals surface area contributed by atoms with E-state index in [1.165, 1.54) is 12.2 Å². The Kier molecular flexibility index (Phi) is 19.3. The highest BCUT2D eigenvalue weighted by molar-refractivity contribution is 6.12. The summed E-state index contributed by atoms with van der Waals surface area (Å²) in [5, 5.41) is 0. The van der Waals surface area contributed by atoms with Gasteiger partial charge in [-0.05, 0) is 19.3 Å². The molecular weight excluding hydrogens is 490 g/mol.